The zero-order chi connectivity index (χ0) is 13.3. The van der Waals surface area contributed by atoms with Crippen LogP contribution in [0.25, 0.3) is 0 Å². The molecule has 1 aliphatic heterocycles. The van der Waals surface area contributed by atoms with Crippen molar-refractivity contribution < 1.29 is 9.90 Å². The van der Waals surface area contributed by atoms with Gasteiger partial charge in [-0.15, -0.1) is 0 Å². The maximum absolute atomic E-state index is 11.7. The van der Waals surface area contributed by atoms with Crippen LogP contribution in [0.2, 0.25) is 0 Å². The van der Waals surface area contributed by atoms with Gasteiger partial charge in [0.05, 0.1) is 12.6 Å². The predicted octanol–water partition coefficient (Wildman–Crippen LogP) is 1.67. The molecule has 0 aromatic heterocycles. The van der Waals surface area contributed by atoms with E-state index in [-0.39, 0.29) is 18.7 Å². The van der Waals surface area contributed by atoms with E-state index < -0.39 is 0 Å². The predicted molar refractivity (Wildman–Crippen MR) is 70.6 cm³/mol. The molecule has 1 saturated heterocycles. The molecule has 2 N–H and O–H groups in total. The van der Waals surface area contributed by atoms with Crippen molar-refractivity contribution in [3.63, 3.8) is 0 Å². The average Bonchev–Trinajstić information content (AvgIpc) is 2.59. The number of nitrogens with one attached hydrogen (secondary N) is 1. The Morgan fingerprint density at radius 2 is 1.94 bits per heavy atom. The summed E-state index contributed by atoms with van der Waals surface area (Å²) in [5.74, 6) is 0. The van der Waals surface area contributed by atoms with Crippen molar-refractivity contribution in [1.29, 1.82) is 0 Å². The molecule has 0 bridgehead atoms. The molecule has 2 rings (SSSR count). The summed E-state index contributed by atoms with van der Waals surface area (Å²) < 4.78 is 0. The third kappa shape index (κ3) is 2.34. The van der Waals surface area contributed by atoms with Crippen LogP contribution in [0.3, 0.4) is 0 Å². The molecule has 0 radical (unpaired) electrons. The van der Waals surface area contributed by atoms with Crippen LogP contribution in [-0.2, 0) is 0 Å². The topological polar surface area (TPSA) is 52.6 Å². The second-order valence-corrected chi connectivity index (χ2v) is 4.98. The summed E-state index contributed by atoms with van der Waals surface area (Å²) in [6.07, 6.45) is 0. The monoisotopic (exact) mass is 248 g/mol. The Labute approximate surface area is 108 Å². The molecule has 0 saturated carbocycles. The number of nitrogens with zero attached hydrogens (tertiary/aromatic N) is 1. The molecule has 1 aromatic rings. The number of aryl methyl sites for hydroxylation is 3. The molecular formula is C14H20N2O2. The summed E-state index contributed by atoms with van der Waals surface area (Å²) in [4.78, 5) is 13.4. The summed E-state index contributed by atoms with van der Waals surface area (Å²) in [6.45, 7) is 7.27. The minimum Gasteiger partial charge on any atom is -0.395 e. The summed E-state index contributed by atoms with van der Waals surface area (Å²) in [5.41, 5.74) is 4.87. The van der Waals surface area contributed by atoms with Gasteiger partial charge in [0.1, 0.15) is 0 Å². The molecule has 2 amide bonds. The summed E-state index contributed by atoms with van der Waals surface area (Å²) in [5, 5.41) is 11.9. The lowest BCUT2D eigenvalue weighted by molar-refractivity contribution is 0.196. The van der Waals surface area contributed by atoms with Crippen LogP contribution in [0.15, 0.2) is 12.1 Å². The van der Waals surface area contributed by atoms with Crippen molar-refractivity contribution in [2.24, 2.45) is 0 Å². The summed E-state index contributed by atoms with van der Waals surface area (Å²) in [7, 11) is 0. The van der Waals surface area contributed by atoms with Crippen LogP contribution in [0.5, 0.6) is 0 Å². The van der Waals surface area contributed by atoms with E-state index in [1.807, 2.05) is 0 Å². The Hall–Kier alpha value is -1.55. The number of amides is 2. The molecule has 0 spiro atoms. The largest absolute Gasteiger partial charge is 0.395 e. The molecular weight excluding hydrogens is 228 g/mol. The highest BCUT2D eigenvalue weighted by atomic mass is 16.3. The van der Waals surface area contributed by atoms with Crippen molar-refractivity contribution in [3.05, 3.63) is 34.4 Å². The van der Waals surface area contributed by atoms with Crippen molar-refractivity contribution in [2.75, 3.05) is 19.7 Å². The number of hydrogen-bond acceptors (Lipinski definition) is 2. The first-order valence-corrected chi connectivity index (χ1v) is 6.27. The van der Waals surface area contributed by atoms with Gasteiger partial charge >= 0.3 is 6.03 Å². The number of aliphatic hydroxyl groups excluding tert-OH is 1. The number of β-amino-alcohol motifs (C(OH)–C–C–N with tert-alkyl or cyclic N) is 1. The lowest BCUT2D eigenvalue weighted by Gasteiger charge is -2.17. The van der Waals surface area contributed by atoms with Gasteiger partial charge in [-0.25, -0.2) is 4.79 Å². The Morgan fingerprint density at radius 1 is 1.33 bits per heavy atom. The number of urea groups is 1. The second kappa shape index (κ2) is 4.98. The average molecular weight is 248 g/mol. The molecule has 1 heterocycles. The van der Waals surface area contributed by atoms with E-state index in [0.29, 0.717) is 13.1 Å². The molecule has 1 atom stereocenters. The smallest absolute Gasteiger partial charge is 0.318 e. The van der Waals surface area contributed by atoms with Crippen LogP contribution in [0.1, 0.15) is 28.3 Å². The first-order valence-electron chi connectivity index (χ1n) is 6.27. The van der Waals surface area contributed by atoms with Crippen LogP contribution in [-0.4, -0.2) is 35.7 Å². The molecule has 1 aromatic carbocycles. The Balaban J connectivity index is 2.26. The molecule has 0 aliphatic carbocycles. The van der Waals surface area contributed by atoms with Gasteiger partial charge in [-0.2, -0.15) is 0 Å². The Bertz CT molecular complexity index is 448. The number of aliphatic hydroxyl groups is 1. The number of rotatable bonds is 3. The first-order chi connectivity index (χ1) is 8.52. The molecule has 1 unspecified atom stereocenters. The van der Waals surface area contributed by atoms with Crippen LogP contribution in [0, 0.1) is 20.8 Å². The molecule has 98 valence electrons. The van der Waals surface area contributed by atoms with Gasteiger partial charge in [-0.1, -0.05) is 17.7 Å². The molecule has 4 heteroatoms. The minimum absolute atomic E-state index is 0.00595. The molecule has 1 fully saturated rings. The van der Waals surface area contributed by atoms with Gasteiger partial charge in [0.2, 0.25) is 0 Å². The quantitative estimate of drug-likeness (QED) is 0.855. The highest BCUT2D eigenvalue weighted by Crippen LogP contribution is 2.27. The standard InChI is InChI=1S/C14H20N2O2/c1-9-6-10(2)13(11(3)7-9)12-8-16(4-5-17)14(18)15-12/h6-7,12,17H,4-5,8H2,1-3H3,(H,15,18). The second-order valence-electron chi connectivity index (χ2n) is 4.98. The highest BCUT2D eigenvalue weighted by Gasteiger charge is 2.30. The maximum Gasteiger partial charge on any atom is 0.318 e. The fourth-order valence-corrected chi connectivity index (χ4v) is 2.81. The van der Waals surface area contributed by atoms with E-state index in [2.05, 4.69) is 38.2 Å². The van der Waals surface area contributed by atoms with Crippen LogP contribution >= 0.6 is 0 Å². The van der Waals surface area contributed by atoms with Gasteiger partial charge in [0, 0.05) is 13.1 Å². The lowest BCUT2D eigenvalue weighted by Crippen LogP contribution is -2.30. The zero-order valence-corrected chi connectivity index (χ0v) is 11.2. The van der Waals surface area contributed by atoms with Gasteiger partial charge in [-0.3, -0.25) is 0 Å². The van der Waals surface area contributed by atoms with Crippen molar-refractivity contribution >= 4 is 6.03 Å². The van der Waals surface area contributed by atoms with E-state index >= 15 is 0 Å². The fourth-order valence-electron chi connectivity index (χ4n) is 2.81. The maximum atomic E-state index is 11.7. The fraction of sp³-hybridized carbons (Fsp3) is 0.500. The van der Waals surface area contributed by atoms with E-state index in [4.69, 9.17) is 5.11 Å². The Kier molecular flexibility index (Phi) is 3.57. The van der Waals surface area contributed by atoms with Gasteiger partial charge in [0.15, 0.2) is 0 Å². The van der Waals surface area contributed by atoms with Crippen molar-refractivity contribution in [2.45, 2.75) is 26.8 Å². The van der Waals surface area contributed by atoms with E-state index in [1.54, 1.807) is 4.90 Å². The van der Waals surface area contributed by atoms with Crippen molar-refractivity contribution in [3.8, 4) is 0 Å². The number of carbonyl (C=O) groups is 1. The third-order valence-corrected chi connectivity index (χ3v) is 3.44. The SMILES string of the molecule is Cc1cc(C)c(C2CN(CCO)C(=O)N2)c(C)c1. The normalized spacial score (nSPS) is 19.2. The molecule has 1 aliphatic rings. The molecule has 4 nitrogen and oxygen atoms in total. The number of hydrogen-bond donors (Lipinski definition) is 2. The lowest BCUT2D eigenvalue weighted by atomic mass is 9.94. The summed E-state index contributed by atoms with van der Waals surface area (Å²) in [6, 6.07) is 4.23. The molecule has 18 heavy (non-hydrogen) atoms. The Morgan fingerprint density at radius 3 is 2.50 bits per heavy atom. The van der Waals surface area contributed by atoms with Crippen LogP contribution < -0.4 is 5.32 Å². The van der Waals surface area contributed by atoms with Gasteiger partial charge in [-0.05, 0) is 37.5 Å². The van der Waals surface area contributed by atoms with Crippen molar-refractivity contribution in [1.82, 2.24) is 10.2 Å². The van der Waals surface area contributed by atoms with Crippen LogP contribution in [0.4, 0.5) is 4.79 Å². The third-order valence-electron chi connectivity index (χ3n) is 3.44. The zero-order valence-electron chi connectivity index (χ0n) is 11.2. The number of benzene rings is 1. The highest BCUT2D eigenvalue weighted by molar-refractivity contribution is 5.77. The minimum atomic E-state index is -0.0894. The van der Waals surface area contributed by atoms with E-state index in [1.165, 1.54) is 22.3 Å². The van der Waals surface area contributed by atoms with E-state index in [9.17, 15) is 4.79 Å². The van der Waals surface area contributed by atoms with Gasteiger partial charge < -0.3 is 15.3 Å². The summed E-state index contributed by atoms with van der Waals surface area (Å²) >= 11 is 0. The van der Waals surface area contributed by atoms with E-state index in [0.717, 1.165) is 0 Å². The number of carbonyl (C=O) groups excluding carboxylic acids is 1. The first kappa shape index (κ1) is 12.9. The van der Waals surface area contributed by atoms with Gasteiger partial charge in [0.25, 0.3) is 0 Å².